The first-order valence-electron chi connectivity index (χ1n) is 9.03. The maximum absolute atomic E-state index is 12.8. The van der Waals surface area contributed by atoms with Crippen LogP contribution >= 0.6 is 0 Å². The molecule has 0 radical (unpaired) electrons. The summed E-state index contributed by atoms with van der Waals surface area (Å²) in [5.74, 6) is -0.0910. The molecule has 0 spiro atoms. The summed E-state index contributed by atoms with van der Waals surface area (Å²) in [6.07, 6.45) is 4.30. The van der Waals surface area contributed by atoms with Crippen molar-refractivity contribution in [3.8, 4) is 0 Å². The van der Waals surface area contributed by atoms with Crippen LogP contribution in [0, 0.1) is 5.41 Å². The molecule has 4 heteroatoms. The van der Waals surface area contributed by atoms with Gasteiger partial charge in [0.15, 0.2) is 6.10 Å². The highest BCUT2D eigenvalue weighted by atomic mass is 16.5. The zero-order valence-electron chi connectivity index (χ0n) is 15.1. The van der Waals surface area contributed by atoms with Crippen molar-refractivity contribution < 1.29 is 14.6 Å². The van der Waals surface area contributed by atoms with Crippen molar-refractivity contribution in [2.75, 3.05) is 6.54 Å². The number of ether oxygens (including phenoxy) is 1. The van der Waals surface area contributed by atoms with Crippen LogP contribution in [0.2, 0.25) is 0 Å². The van der Waals surface area contributed by atoms with Gasteiger partial charge in [0.05, 0.1) is 12.2 Å². The molecule has 2 unspecified atom stereocenters. The van der Waals surface area contributed by atoms with E-state index in [2.05, 4.69) is 19.2 Å². The normalized spacial score (nSPS) is 18.3. The lowest BCUT2D eigenvalue weighted by atomic mass is 9.87. The first-order valence-corrected chi connectivity index (χ1v) is 9.03. The molecule has 1 aliphatic rings. The Labute approximate surface area is 145 Å². The summed E-state index contributed by atoms with van der Waals surface area (Å²) < 4.78 is 6.14. The third-order valence-electron chi connectivity index (χ3n) is 4.56. The molecule has 0 aromatic heterocycles. The van der Waals surface area contributed by atoms with Crippen LogP contribution in [0.3, 0.4) is 0 Å². The minimum absolute atomic E-state index is 0.0910. The van der Waals surface area contributed by atoms with E-state index < -0.39 is 6.10 Å². The second-order valence-corrected chi connectivity index (χ2v) is 7.77. The van der Waals surface area contributed by atoms with E-state index in [9.17, 15) is 9.90 Å². The Bertz CT molecular complexity index is 507. The first-order chi connectivity index (χ1) is 11.4. The van der Waals surface area contributed by atoms with Gasteiger partial charge in [-0.05, 0) is 37.2 Å². The fourth-order valence-corrected chi connectivity index (χ4v) is 3.43. The Hall–Kier alpha value is -1.39. The summed E-state index contributed by atoms with van der Waals surface area (Å²) in [6, 6.07) is 9.70. The van der Waals surface area contributed by atoms with Gasteiger partial charge in [-0.1, -0.05) is 57.0 Å². The molecule has 0 aliphatic heterocycles. The van der Waals surface area contributed by atoms with Gasteiger partial charge in [-0.2, -0.15) is 0 Å². The highest BCUT2D eigenvalue weighted by Crippen LogP contribution is 2.28. The number of nitrogens with one attached hydrogen (secondary N) is 1. The second kappa shape index (κ2) is 8.63. The van der Waals surface area contributed by atoms with E-state index in [1.807, 2.05) is 30.3 Å². The maximum atomic E-state index is 12.8. The van der Waals surface area contributed by atoms with E-state index in [1.54, 1.807) is 6.92 Å². The largest absolute Gasteiger partial charge is 0.393 e. The molecule has 1 fully saturated rings. The zero-order chi connectivity index (χ0) is 17.6. The molecule has 2 rings (SSSR count). The summed E-state index contributed by atoms with van der Waals surface area (Å²) in [5.41, 5.74) is 0.744. The molecule has 2 atom stereocenters. The predicted octanol–water partition coefficient (Wildman–Crippen LogP) is 3.60. The molecule has 0 heterocycles. The fraction of sp³-hybridized carbons (Fsp3) is 0.650. The Morgan fingerprint density at radius 3 is 2.50 bits per heavy atom. The molecular weight excluding hydrogens is 302 g/mol. The summed E-state index contributed by atoms with van der Waals surface area (Å²) in [4.78, 5) is 12.8. The zero-order valence-corrected chi connectivity index (χ0v) is 15.1. The number of hydrogen-bond acceptors (Lipinski definition) is 3. The molecule has 2 N–H and O–H groups in total. The number of aliphatic hydroxyl groups excluding tert-OH is 1. The molecule has 1 amide bonds. The number of carbonyl (C=O) groups excluding carboxylic acids is 1. The van der Waals surface area contributed by atoms with Crippen LogP contribution in [0.15, 0.2) is 30.3 Å². The van der Waals surface area contributed by atoms with Gasteiger partial charge in [-0.3, -0.25) is 4.79 Å². The third kappa shape index (κ3) is 5.91. The SMILES string of the molecule is CC(O)CC(C)(C)CNC(=O)C(OC1CCCC1)c1ccccc1. The van der Waals surface area contributed by atoms with E-state index >= 15 is 0 Å². The number of aliphatic hydroxyl groups is 1. The van der Waals surface area contributed by atoms with Gasteiger partial charge < -0.3 is 15.2 Å². The number of carbonyl (C=O) groups is 1. The molecule has 1 aromatic rings. The van der Waals surface area contributed by atoms with Crippen LogP contribution in [0.5, 0.6) is 0 Å². The van der Waals surface area contributed by atoms with E-state index in [0.717, 1.165) is 18.4 Å². The van der Waals surface area contributed by atoms with Crippen molar-refractivity contribution in [3.63, 3.8) is 0 Å². The monoisotopic (exact) mass is 333 g/mol. The molecule has 24 heavy (non-hydrogen) atoms. The lowest BCUT2D eigenvalue weighted by molar-refractivity contribution is -0.137. The van der Waals surface area contributed by atoms with Gasteiger partial charge in [0.2, 0.25) is 0 Å². The van der Waals surface area contributed by atoms with Gasteiger partial charge in [0, 0.05) is 6.54 Å². The average Bonchev–Trinajstić information content (AvgIpc) is 3.03. The van der Waals surface area contributed by atoms with E-state index in [-0.39, 0.29) is 23.5 Å². The summed E-state index contributed by atoms with van der Waals surface area (Å²) in [7, 11) is 0. The van der Waals surface area contributed by atoms with Gasteiger partial charge in [-0.25, -0.2) is 0 Å². The average molecular weight is 333 g/mol. The van der Waals surface area contributed by atoms with Crippen LogP contribution < -0.4 is 5.32 Å². The molecule has 4 nitrogen and oxygen atoms in total. The van der Waals surface area contributed by atoms with Gasteiger partial charge >= 0.3 is 0 Å². The maximum Gasteiger partial charge on any atom is 0.253 e. The van der Waals surface area contributed by atoms with Gasteiger partial charge in [0.1, 0.15) is 0 Å². The Morgan fingerprint density at radius 2 is 1.92 bits per heavy atom. The molecule has 134 valence electrons. The third-order valence-corrected chi connectivity index (χ3v) is 4.56. The molecule has 1 aliphatic carbocycles. The van der Waals surface area contributed by atoms with Crippen LogP contribution in [-0.4, -0.2) is 29.8 Å². The van der Waals surface area contributed by atoms with Crippen LogP contribution in [0.1, 0.15) is 64.5 Å². The topological polar surface area (TPSA) is 58.6 Å². The fourth-order valence-electron chi connectivity index (χ4n) is 3.43. The summed E-state index contributed by atoms with van der Waals surface area (Å²) >= 11 is 0. The molecule has 1 saturated carbocycles. The van der Waals surface area contributed by atoms with Crippen molar-refractivity contribution in [3.05, 3.63) is 35.9 Å². The first kappa shape index (κ1) is 18.9. The number of benzene rings is 1. The number of hydrogen-bond donors (Lipinski definition) is 2. The molecule has 0 saturated heterocycles. The lowest BCUT2D eigenvalue weighted by Gasteiger charge is -2.28. The Kier molecular flexibility index (Phi) is 6.81. The van der Waals surface area contributed by atoms with Crippen molar-refractivity contribution >= 4 is 5.91 Å². The quantitative estimate of drug-likeness (QED) is 0.764. The predicted molar refractivity (Wildman–Crippen MR) is 95.6 cm³/mol. The Morgan fingerprint density at radius 1 is 1.29 bits per heavy atom. The van der Waals surface area contributed by atoms with E-state index in [4.69, 9.17) is 4.74 Å². The van der Waals surface area contributed by atoms with Gasteiger partial charge in [-0.15, -0.1) is 0 Å². The van der Waals surface area contributed by atoms with Gasteiger partial charge in [0.25, 0.3) is 5.91 Å². The highest BCUT2D eigenvalue weighted by Gasteiger charge is 2.29. The number of rotatable bonds is 8. The van der Waals surface area contributed by atoms with Crippen LogP contribution in [0.25, 0.3) is 0 Å². The van der Waals surface area contributed by atoms with Crippen LogP contribution in [0.4, 0.5) is 0 Å². The van der Waals surface area contributed by atoms with Crippen molar-refractivity contribution in [2.24, 2.45) is 5.41 Å². The Balaban J connectivity index is 2.01. The highest BCUT2D eigenvalue weighted by molar-refractivity contribution is 5.82. The summed E-state index contributed by atoms with van der Waals surface area (Å²) in [6.45, 7) is 6.40. The summed E-state index contributed by atoms with van der Waals surface area (Å²) in [5, 5.41) is 12.6. The second-order valence-electron chi connectivity index (χ2n) is 7.77. The van der Waals surface area contributed by atoms with E-state index in [1.165, 1.54) is 12.8 Å². The van der Waals surface area contributed by atoms with Crippen molar-refractivity contribution in [1.82, 2.24) is 5.32 Å². The molecule has 0 bridgehead atoms. The number of amides is 1. The van der Waals surface area contributed by atoms with Crippen molar-refractivity contribution in [1.29, 1.82) is 0 Å². The molecule has 1 aromatic carbocycles. The van der Waals surface area contributed by atoms with E-state index in [0.29, 0.717) is 13.0 Å². The minimum atomic E-state index is -0.559. The smallest absolute Gasteiger partial charge is 0.253 e. The lowest BCUT2D eigenvalue weighted by Crippen LogP contribution is -2.39. The van der Waals surface area contributed by atoms with Crippen LogP contribution in [-0.2, 0) is 9.53 Å². The van der Waals surface area contributed by atoms with Crippen molar-refractivity contribution in [2.45, 2.75) is 71.2 Å². The standard InChI is InChI=1S/C20H31NO3/c1-15(22)13-20(2,3)14-21-19(23)18(16-9-5-4-6-10-16)24-17-11-7-8-12-17/h4-6,9-10,15,17-18,22H,7-8,11-14H2,1-3H3,(H,21,23). The minimum Gasteiger partial charge on any atom is -0.393 e. The molecular formula is C20H31NO3.